The SMILES string of the molecule is CCCOc1ccc(C(=O)Nc2ccc3c(c2)c2ccccc2n3CC)cc1. The highest BCUT2D eigenvalue weighted by atomic mass is 16.5. The number of hydrogen-bond donors (Lipinski definition) is 1. The maximum Gasteiger partial charge on any atom is 0.255 e. The fourth-order valence-electron chi connectivity index (χ4n) is 3.60. The molecule has 0 saturated carbocycles. The van der Waals surface area contributed by atoms with Gasteiger partial charge in [-0.15, -0.1) is 0 Å². The van der Waals surface area contributed by atoms with Crippen LogP contribution in [-0.2, 0) is 6.54 Å². The molecule has 0 fully saturated rings. The molecule has 3 aromatic carbocycles. The number of benzene rings is 3. The third kappa shape index (κ3) is 3.33. The van der Waals surface area contributed by atoms with Crippen LogP contribution in [0, 0.1) is 0 Å². The molecule has 4 nitrogen and oxygen atoms in total. The number of rotatable bonds is 6. The first kappa shape index (κ1) is 18.1. The topological polar surface area (TPSA) is 43.3 Å². The van der Waals surface area contributed by atoms with Crippen LogP contribution in [0.15, 0.2) is 66.7 Å². The maximum atomic E-state index is 12.6. The van der Waals surface area contributed by atoms with Gasteiger partial charge in [0.25, 0.3) is 5.91 Å². The fourth-order valence-corrected chi connectivity index (χ4v) is 3.60. The van der Waals surface area contributed by atoms with Crippen LogP contribution in [0.25, 0.3) is 21.8 Å². The Kier molecular flexibility index (Phi) is 5.02. The Balaban J connectivity index is 1.61. The molecule has 0 radical (unpaired) electrons. The Labute approximate surface area is 164 Å². The lowest BCUT2D eigenvalue weighted by atomic mass is 10.1. The number of hydrogen-bond acceptors (Lipinski definition) is 2. The molecule has 0 unspecified atom stereocenters. The first-order valence-corrected chi connectivity index (χ1v) is 9.76. The second-order valence-corrected chi connectivity index (χ2v) is 6.82. The number of fused-ring (bicyclic) bond motifs is 3. The zero-order valence-corrected chi connectivity index (χ0v) is 16.2. The van der Waals surface area contributed by atoms with Gasteiger partial charge in [0.2, 0.25) is 0 Å². The Morgan fingerprint density at radius 2 is 1.68 bits per heavy atom. The number of ether oxygens (including phenoxy) is 1. The first-order valence-electron chi connectivity index (χ1n) is 9.76. The van der Waals surface area contributed by atoms with E-state index in [2.05, 4.69) is 60.1 Å². The quantitative estimate of drug-likeness (QED) is 0.461. The molecule has 1 aromatic heterocycles. The summed E-state index contributed by atoms with van der Waals surface area (Å²) in [6.07, 6.45) is 0.957. The number of aromatic nitrogens is 1. The highest BCUT2D eigenvalue weighted by Crippen LogP contribution is 2.31. The molecule has 0 spiro atoms. The van der Waals surface area contributed by atoms with Crippen LogP contribution in [0.3, 0.4) is 0 Å². The number of aryl methyl sites for hydroxylation is 1. The largest absolute Gasteiger partial charge is 0.494 e. The van der Waals surface area contributed by atoms with Crippen LogP contribution in [0.2, 0.25) is 0 Å². The van der Waals surface area contributed by atoms with E-state index in [9.17, 15) is 4.79 Å². The molecule has 4 heteroatoms. The second-order valence-electron chi connectivity index (χ2n) is 6.82. The highest BCUT2D eigenvalue weighted by Gasteiger charge is 2.11. The van der Waals surface area contributed by atoms with Crippen molar-refractivity contribution in [3.05, 3.63) is 72.3 Å². The van der Waals surface area contributed by atoms with Crippen molar-refractivity contribution in [2.75, 3.05) is 11.9 Å². The standard InChI is InChI=1S/C24H24N2O2/c1-3-15-28-19-12-9-17(10-13-19)24(27)25-18-11-14-23-21(16-18)20-7-5-6-8-22(20)26(23)4-2/h5-14,16H,3-4,15H2,1-2H3,(H,25,27). The lowest BCUT2D eigenvalue weighted by Gasteiger charge is -2.08. The minimum Gasteiger partial charge on any atom is -0.494 e. The van der Waals surface area contributed by atoms with Gasteiger partial charge in [-0.1, -0.05) is 25.1 Å². The molecule has 1 amide bonds. The summed E-state index contributed by atoms with van der Waals surface area (Å²) in [5.41, 5.74) is 3.80. The molecule has 0 bridgehead atoms. The van der Waals surface area contributed by atoms with Gasteiger partial charge >= 0.3 is 0 Å². The third-order valence-corrected chi connectivity index (χ3v) is 4.94. The first-order chi connectivity index (χ1) is 13.7. The van der Waals surface area contributed by atoms with Gasteiger partial charge in [-0.3, -0.25) is 4.79 Å². The third-order valence-electron chi connectivity index (χ3n) is 4.94. The molecular formula is C24H24N2O2. The van der Waals surface area contributed by atoms with Crippen molar-refractivity contribution in [2.45, 2.75) is 26.8 Å². The summed E-state index contributed by atoms with van der Waals surface area (Å²) in [6, 6.07) is 21.7. The number of nitrogens with zero attached hydrogens (tertiary/aromatic N) is 1. The monoisotopic (exact) mass is 372 g/mol. The van der Waals surface area contributed by atoms with Crippen LogP contribution in [0.1, 0.15) is 30.6 Å². The Hall–Kier alpha value is -3.27. The van der Waals surface area contributed by atoms with Gasteiger partial charge in [0.15, 0.2) is 0 Å². The molecule has 28 heavy (non-hydrogen) atoms. The maximum absolute atomic E-state index is 12.6. The minimum atomic E-state index is -0.124. The van der Waals surface area contributed by atoms with Crippen LogP contribution < -0.4 is 10.1 Å². The van der Waals surface area contributed by atoms with E-state index in [1.165, 1.54) is 16.4 Å². The molecular weight excluding hydrogens is 348 g/mol. The normalized spacial score (nSPS) is 11.1. The summed E-state index contributed by atoms with van der Waals surface area (Å²) in [5.74, 6) is 0.660. The smallest absolute Gasteiger partial charge is 0.255 e. The summed E-state index contributed by atoms with van der Waals surface area (Å²) in [6.45, 7) is 5.80. The molecule has 0 aliphatic carbocycles. The Bertz CT molecular complexity index is 1130. The lowest BCUT2D eigenvalue weighted by Crippen LogP contribution is -2.11. The van der Waals surface area contributed by atoms with Gasteiger partial charge < -0.3 is 14.6 Å². The number of anilines is 1. The van der Waals surface area contributed by atoms with Gasteiger partial charge in [-0.25, -0.2) is 0 Å². The summed E-state index contributed by atoms with van der Waals surface area (Å²) in [4.78, 5) is 12.6. The van der Waals surface area contributed by atoms with Crippen molar-refractivity contribution < 1.29 is 9.53 Å². The van der Waals surface area contributed by atoms with Crippen molar-refractivity contribution >= 4 is 33.4 Å². The number of nitrogens with one attached hydrogen (secondary N) is 1. The summed E-state index contributed by atoms with van der Waals surface area (Å²) >= 11 is 0. The van der Waals surface area contributed by atoms with E-state index >= 15 is 0 Å². The van der Waals surface area contributed by atoms with Crippen molar-refractivity contribution in [3.63, 3.8) is 0 Å². The molecule has 1 N–H and O–H groups in total. The van der Waals surface area contributed by atoms with Crippen molar-refractivity contribution in [3.8, 4) is 5.75 Å². The van der Waals surface area contributed by atoms with Crippen LogP contribution in [-0.4, -0.2) is 17.1 Å². The summed E-state index contributed by atoms with van der Waals surface area (Å²) < 4.78 is 7.87. The van der Waals surface area contributed by atoms with E-state index in [1.807, 2.05) is 18.2 Å². The number of carbonyl (C=O) groups excluding carboxylic acids is 1. The van der Waals surface area contributed by atoms with E-state index in [0.29, 0.717) is 12.2 Å². The predicted octanol–water partition coefficient (Wildman–Crippen LogP) is 5.86. The van der Waals surface area contributed by atoms with Crippen molar-refractivity contribution in [1.82, 2.24) is 4.57 Å². The number of para-hydroxylation sites is 1. The molecule has 0 atom stereocenters. The highest BCUT2D eigenvalue weighted by molar-refractivity contribution is 6.11. The van der Waals surface area contributed by atoms with Gasteiger partial charge in [0.1, 0.15) is 5.75 Å². The second kappa shape index (κ2) is 7.77. The Morgan fingerprint density at radius 1 is 0.929 bits per heavy atom. The van der Waals surface area contributed by atoms with Crippen molar-refractivity contribution in [2.24, 2.45) is 0 Å². The van der Waals surface area contributed by atoms with E-state index < -0.39 is 0 Å². The van der Waals surface area contributed by atoms with E-state index in [4.69, 9.17) is 4.74 Å². The zero-order chi connectivity index (χ0) is 19.5. The van der Waals surface area contributed by atoms with Gasteiger partial charge in [-0.2, -0.15) is 0 Å². The van der Waals surface area contributed by atoms with Gasteiger partial charge in [-0.05, 0) is 61.9 Å². The molecule has 0 saturated heterocycles. The van der Waals surface area contributed by atoms with Crippen LogP contribution >= 0.6 is 0 Å². The molecule has 142 valence electrons. The fraction of sp³-hybridized carbons (Fsp3) is 0.208. The van der Waals surface area contributed by atoms with Crippen LogP contribution in [0.5, 0.6) is 5.75 Å². The average molecular weight is 372 g/mol. The summed E-state index contributed by atoms with van der Waals surface area (Å²) in [7, 11) is 0. The minimum absolute atomic E-state index is 0.124. The molecule has 4 rings (SSSR count). The van der Waals surface area contributed by atoms with Gasteiger partial charge in [0.05, 0.1) is 6.61 Å². The van der Waals surface area contributed by atoms with Gasteiger partial charge in [0, 0.05) is 39.6 Å². The summed E-state index contributed by atoms with van der Waals surface area (Å²) in [5, 5.41) is 5.37. The number of amides is 1. The van der Waals surface area contributed by atoms with Crippen LogP contribution in [0.4, 0.5) is 5.69 Å². The van der Waals surface area contributed by atoms with E-state index in [1.54, 1.807) is 12.1 Å². The average Bonchev–Trinajstić information content (AvgIpc) is 3.05. The van der Waals surface area contributed by atoms with Crippen molar-refractivity contribution in [1.29, 1.82) is 0 Å². The number of carbonyl (C=O) groups is 1. The molecule has 1 heterocycles. The lowest BCUT2D eigenvalue weighted by molar-refractivity contribution is 0.102. The molecule has 4 aromatic rings. The molecule has 0 aliphatic rings. The molecule has 0 aliphatic heterocycles. The van der Waals surface area contributed by atoms with E-state index in [-0.39, 0.29) is 5.91 Å². The Morgan fingerprint density at radius 3 is 2.43 bits per heavy atom. The zero-order valence-electron chi connectivity index (χ0n) is 16.2. The van der Waals surface area contributed by atoms with E-state index in [0.717, 1.165) is 29.8 Å². The predicted molar refractivity (Wildman–Crippen MR) is 115 cm³/mol.